The molecule has 1 aromatic carbocycles. The molecule has 0 aliphatic carbocycles. The van der Waals surface area contributed by atoms with Gasteiger partial charge in [0.05, 0.1) is 15.5 Å². The van der Waals surface area contributed by atoms with Crippen LogP contribution < -0.4 is 4.72 Å². The van der Waals surface area contributed by atoms with E-state index in [0.29, 0.717) is 0 Å². The largest absolute Gasteiger partial charge is 0.478 e. The second kappa shape index (κ2) is 5.03. The first-order valence-corrected chi connectivity index (χ1v) is 6.65. The van der Waals surface area contributed by atoms with Gasteiger partial charge in [-0.3, -0.25) is 0 Å². The Morgan fingerprint density at radius 1 is 1.41 bits per heavy atom. The molecule has 0 saturated carbocycles. The van der Waals surface area contributed by atoms with Crippen LogP contribution in [0.3, 0.4) is 0 Å². The monoisotopic (exact) mass is 277 g/mol. The second-order valence-corrected chi connectivity index (χ2v) is 5.84. The molecule has 0 aliphatic heterocycles. The van der Waals surface area contributed by atoms with Gasteiger partial charge in [-0.15, -0.1) is 0 Å². The van der Waals surface area contributed by atoms with Crippen LogP contribution in [0.25, 0.3) is 0 Å². The van der Waals surface area contributed by atoms with E-state index in [-0.39, 0.29) is 21.5 Å². The molecule has 0 amide bonds. The molecule has 17 heavy (non-hydrogen) atoms. The Morgan fingerprint density at radius 3 is 2.41 bits per heavy atom. The molecule has 94 valence electrons. The maximum atomic E-state index is 11.8. The number of hydrogen-bond donors (Lipinski definition) is 2. The lowest BCUT2D eigenvalue weighted by Crippen LogP contribution is -2.30. The predicted octanol–water partition coefficient (Wildman–Crippen LogP) is 1.72. The van der Waals surface area contributed by atoms with Crippen molar-refractivity contribution in [3.63, 3.8) is 0 Å². The minimum Gasteiger partial charge on any atom is -0.478 e. The Morgan fingerprint density at radius 2 is 2.00 bits per heavy atom. The number of rotatable bonds is 4. The fraction of sp³-hybridized carbons (Fsp3) is 0.300. The molecule has 0 atom stereocenters. The number of sulfonamides is 1. The summed E-state index contributed by atoms with van der Waals surface area (Å²) in [4.78, 5) is 10.7. The van der Waals surface area contributed by atoms with Crippen LogP contribution in [0.2, 0.25) is 5.02 Å². The van der Waals surface area contributed by atoms with Gasteiger partial charge >= 0.3 is 5.97 Å². The number of halogens is 1. The molecule has 0 spiro atoms. The van der Waals surface area contributed by atoms with Crippen LogP contribution in [0.15, 0.2) is 23.1 Å². The van der Waals surface area contributed by atoms with E-state index in [1.807, 2.05) is 0 Å². The van der Waals surface area contributed by atoms with Crippen molar-refractivity contribution < 1.29 is 18.3 Å². The van der Waals surface area contributed by atoms with E-state index in [0.717, 1.165) is 6.07 Å². The summed E-state index contributed by atoms with van der Waals surface area (Å²) < 4.78 is 25.9. The van der Waals surface area contributed by atoms with E-state index >= 15 is 0 Å². The van der Waals surface area contributed by atoms with Crippen LogP contribution in [-0.2, 0) is 10.0 Å². The summed E-state index contributed by atoms with van der Waals surface area (Å²) in [5.41, 5.74) is -0.129. The lowest BCUT2D eigenvalue weighted by atomic mass is 10.2. The maximum Gasteiger partial charge on any atom is 0.337 e. The average Bonchev–Trinajstić information content (AvgIpc) is 2.14. The summed E-state index contributed by atoms with van der Waals surface area (Å²) in [7, 11) is -3.65. The molecule has 5 nitrogen and oxygen atoms in total. The van der Waals surface area contributed by atoms with Gasteiger partial charge in [-0.2, -0.15) is 0 Å². The highest BCUT2D eigenvalue weighted by atomic mass is 35.5. The highest BCUT2D eigenvalue weighted by molar-refractivity contribution is 7.89. The van der Waals surface area contributed by atoms with Crippen molar-refractivity contribution in [3.05, 3.63) is 28.8 Å². The summed E-state index contributed by atoms with van der Waals surface area (Å²) in [5, 5.41) is 8.65. The number of aromatic carboxylic acids is 1. The van der Waals surface area contributed by atoms with Crippen LogP contribution >= 0.6 is 11.6 Å². The SMILES string of the molecule is CC(C)NS(=O)(=O)c1ccc(C(=O)O)c(Cl)c1. The molecule has 2 N–H and O–H groups in total. The molecule has 0 heterocycles. The van der Waals surface area contributed by atoms with Crippen LogP contribution in [0.4, 0.5) is 0 Å². The van der Waals surface area contributed by atoms with Crippen LogP contribution in [0.1, 0.15) is 24.2 Å². The fourth-order valence-corrected chi connectivity index (χ4v) is 2.82. The molecule has 0 radical (unpaired) electrons. The number of benzene rings is 1. The molecule has 0 aliphatic rings. The first-order valence-electron chi connectivity index (χ1n) is 4.79. The number of carboxylic acids is 1. The number of nitrogens with one attached hydrogen (secondary N) is 1. The highest BCUT2D eigenvalue weighted by Crippen LogP contribution is 2.20. The van der Waals surface area contributed by atoms with E-state index < -0.39 is 16.0 Å². The van der Waals surface area contributed by atoms with E-state index in [9.17, 15) is 13.2 Å². The first kappa shape index (κ1) is 14.0. The van der Waals surface area contributed by atoms with Crippen molar-refractivity contribution >= 4 is 27.6 Å². The zero-order valence-corrected chi connectivity index (χ0v) is 10.8. The summed E-state index contributed by atoms with van der Waals surface area (Å²) in [6, 6.07) is 3.24. The number of hydrogen-bond acceptors (Lipinski definition) is 3. The van der Waals surface area contributed by atoms with Gasteiger partial charge in [-0.1, -0.05) is 11.6 Å². The molecular formula is C10H12ClNO4S. The third-order valence-electron chi connectivity index (χ3n) is 1.87. The van der Waals surface area contributed by atoms with E-state index in [1.54, 1.807) is 13.8 Å². The summed E-state index contributed by atoms with van der Waals surface area (Å²) in [6.07, 6.45) is 0. The highest BCUT2D eigenvalue weighted by Gasteiger charge is 2.18. The van der Waals surface area contributed by atoms with Gasteiger partial charge in [0.25, 0.3) is 0 Å². The Labute approximate surface area is 104 Å². The maximum absolute atomic E-state index is 11.8. The Bertz CT molecular complexity index is 539. The van der Waals surface area contributed by atoms with Crippen molar-refractivity contribution in [3.8, 4) is 0 Å². The number of carboxylic acid groups (broad SMARTS) is 1. The minimum atomic E-state index is -3.65. The summed E-state index contributed by atoms with van der Waals surface area (Å²) >= 11 is 5.69. The summed E-state index contributed by atoms with van der Waals surface area (Å²) in [6.45, 7) is 3.37. The Kier molecular flexibility index (Phi) is 4.13. The third-order valence-corrected chi connectivity index (χ3v) is 3.84. The molecule has 7 heteroatoms. The quantitative estimate of drug-likeness (QED) is 0.878. The van der Waals surface area contributed by atoms with Gasteiger partial charge in [-0.05, 0) is 32.0 Å². The van der Waals surface area contributed by atoms with E-state index in [2.05, 4.69) is 4.72 Å². The summed E-state index contributed by atoms with van der Waals surface area (Å²) in [5.74, 6) is -1.20. The van der Waals surface area contributed by atoms with Crippen LogP contribution in [0.5, 0.6) is 0 Å². The second-order valence-electron chi connectivity index (χ2n) is 3.72. The fourth-order valence-electron chi connectivity index (χ4n) is 1.21. The topological polar surface area (TPSA) is 83.5 Å². The van der Waals surface area contributed by atoms with Gasteiger partial charge in [0.15, 0.2) is 0 Å². The van der Waals surface area contributed by atoms with Gasteiger partial charge in [0.1, 0.15) is 0 Å². The molecule has 1 aromatic rings. The van der Waals surface area contributed by atoms with E-state index in [1.165, 1.54) is 12.1 Å². The van der Waals surface area contributed by atoms with Gasteiger partial charge < -0.3 is 5.11 Å². The molecule has 0 saturated heterocycles. The van der Waals surface area contributed by atoms with Gasteiger partial charge in [0.2, 0.25) is 10.0 Å². The molecule has 0 aromatic heterocycles. The van der Waals surface area contributed by atoms with Gasteiger partial charge in [0, 0.05) is 6.04 Å². The normalized spacial score (nSPS) is 11.8. The van der Waals surface area contributed by atoms with Crippen LogP contribution in [0, 0.1) is 0 Å². The van der Waals surface area contributed by atoms with Gasteiger partial charge in [-0.25, -0.2) is 17.9 Å². The zero-order chi connectivity index (χ0) is 13.2. The standard InChI is InChI=1S/C10H12ClNO4S/c1-6(2)12-17(15,16)7-3-4-8(10(13)14)9(11)5-7/h3-6,12H,1-2H3,(H,13,14). The van der Waals surface area contributed by atoms with Crippen molar-refractivity contribution in [2.45, 2.75) is 24.8 Å². The van der Waals surface area contributed by atoms with Crippen molar-refractivity contribution in [1.29, 1.82) is 0 Å². The molecule has 0 bridgehead atoms. The number of carbonyl (C=O) groups is 1. The predicted molar refractivity (Wildman–Crippen MR) is 63.9 cm³/mol. The van der Waals surface area contributed by atoms with Crippen molar-refractivity contribution in [2.75, 3.05) is 0 Å². The minimum absolute atomic E-state index is 0.0544. The smallest absolute Gasteiger partial charge is 0.337 e. The lowest BCUT2D eigenvalue weighted by molar-refractivity contribution is 0.0697. The van der Waals surface area contributed by atoms with Crippen molar-refractivity contribution in [2.24, 2.45) is 0 Å². The Hall–Kier alpha value is -1.11. The average molecular weight is 278 g/mol. The molecule has 1 rings (SSSR count). The Balaban J connectivity index is 3.18. The zero-order valence-electron chi connectivity index (χ0n) is 9.27. The van der Waals surface area contributed by atoms with Crippen molar-refractivity contribution in [1.82, 2.24) is 4.72 Å². The molecule has 0 unspecified atom stereocenters. The molecular weight excluding hydrogens is 266 g/mol. The molecule has 0 fully saturated rings. The first-order chi connectivity index (χ1) is 7.74. The lowest BCUT2D eigenvalue weighted by Gasteiger charge is -2.10. The third kappa shape index (κ3) is 3.42. The van der Waals surface area contributed by atoms with Crippen LogP contribution in [-0.4, -0.2) is 25.5 Å². The van der Waals surface area contributed by atoms with E-state index in [4.69, 9.17) is 16.7 Å².